The number of nitrogens with zero attached hydrogens (tertiary/aromatic N) is 3. The van der Waals surface area contributed by atoms with Crippen LogP contribution in [0.4, 0.5) is 5.82 Å². The highest BCUT2D eigenvalue weighted by atomic mass is 15.3. The van der Waals surface area contributed by atoms with Gasteiger partial charge in [0.1, 0.15) is 6.33 Å². The SMILES string of the molecule is CC=NNc1ncnc2ccccc12. The van der Waals surface area contributed by atoms with Crippen LogP contribution in [0.2, 0.25) is 0 Å². The lowest BCUT2D eigenvalue weighted by atomic mass is 10.2. The zero-order chi connectivity index (χ0) is 9.80. The number of anilines is 1. The maximum atomic E-state index is 4.15. The Balaban J connectivity index is 2.53. The van der Waals surface area contributed by atoms with Crippen molar-refractivity contribution in [2.45, 2.75) is 6.92 Å². The van der Waals surface area contributed by atoms with E-state index in [2.05, 4.69) is 20.5 Å². The number of hydrogen-bond acceptors (Lipinski definition) is 4. The minimum absolute atomic E-state index is 0.730. The molecule has 0 fully saturated rings. The second-order valence-corrected chi connectivity index (χ2v) is 2.74. The van der Waals surface area contributed by atoms with Gasteiger partial charge in [0.05, 0.1) is 5.52 Å². The summed E-state index contributed by atoms with van der Waals surface area (Å²) in [7, 11) is 0. The van der Waals surface area contributed by atoms with Crippen molar-refractivity contribution in [1.82, 2.24) is 9.97 Å². The van der Waals surface area contributed by atoms with E-state index in [9.17, 15) is 0 Å². The van der Waals surface area contributed by atoms with Gasteiger partial charge in [-0.2, -0.15) is 5.10 Å². The van der Waals surface area contributed by atoms with Gasteiger partial charge in [0.2, 0.25) is 0 Å². The summed E-state index contributed by atoms with van der Waals surface area (Å²) >= 11 is 0. The van der Waals surface area contributed by atoms with Crippen LogP contribution >= 0.6 is 0 Å². The first-order valence-electron chi connectivity index (χ1n) is 4.35. The van der Waals surface area contributed by atoms with Crippen LogP contribution in [0.25, 0.3) is 10.9 Å². The highest BCUT2D eigenvalue weighted by molar-refractivity contribution is 5.88. The van der Waals surface area contributed by atoms with Crippen LogP contribution in [0.3, 0.4) is 0 Å². The molecule has 0 atom stereocenters. The van der Waals surface area contributed by atoms with E-state index in [1.807, 2.05) is 31.2 Å². The molecule has 0 unspecified atom stereocenters. The zero-order valence-electron chi connectivity index (χ0n) is 7.81. The number of benzene rings is 1. The molecular weight excluding hydrogens is 176 g/mol. The Morgan fingerprint density at radius 3 is 3.00 bits per heavy atom. The van der Waals surface area contributed by atoms with E-state index in [0.29, 0.717) is 0 Å². The third kappa shape index (κ3) is 1.54. The maximum absolute atomic E-state index is 4.15. The highest BCUT2D eigenvalue weighted by Crippen LogP contribution is 2.17. The number of rotatable bonds is 2. The van der Waals surface area contributed by atoms with Crippen molar-refractivity contribution in [2.24, 2.45) is 5.10 Å². The molecule has 70 valence electrons. The van der Waals surface area contributed by atoms with Crippen molar-refractivity contribution in [3.05, 3.63) is 30.6 Å². The van der Waals surface area contributed by atoms with Crippen LogP contribution in [0, 0.1) is 0 Å². The lowest BCUT2D eigenvalue weighted by molar-refractivity contribution is 1.18. The van der Waals surface area contributed by atoms with Crippen molar-refractivity contribution in [2.75, 3.05) is 5.43 Å². The van der Waals surface area contributed by atoms with E-state index in [-0.39, 0.29) is 0 Å². The molecule has 0 bridgehead atoms. The average Bonchev–Trinajstić information content (AvgIpc) is 2.26. The highest BCUT2D eigenvalue weighted by Gasteiger charge is 1.99. The van der Waals surface area contributed by atoms with Crippen LogP contribution < -0.4 is 5.43 Å². The number of aromatic nitrogens is 2. The fourth-order valence-corrected chi connectivity index (χ4v) is 1.22. The molecular formula is C10H10N4. The van der Waals surface area contributed by atoms with Crippen molar-refractivity contribution in [1.29, 1.82) is 0 Å². The molecule has 2 aromatic rings. The topological polar surface area (TPSA) is 50.2 Å². The Bertz CT molecular complexity index is 459. The van der Waals surface area contributed by atoms with Gasteiger partial charge in [-0.25, -0.2) is 9.97 Å². The van der Waals surface area contributed by atoms with Gasteiger partial charge in [-0.3, -0.25) is 5.43 Å². The summed E-state index contributed by atoms with van der Waals surface area (Å²) in [5.74, 6) is 0.730. The molecule has 4 heteroatoms. The molecule has 0 aliphatic carbocycles. The minimum atomic E-state index is 0.730. The lowest BCUT2D eigenvalue weighted by Gasteiger charge is -2.02. The van der Waals surface area contributed by atoms with Gasteiger partial charge in [0, 0.05) is 11.6 Å². The average molecular weight is 186 g/mol. The molecule has 4 nitrogen and oxygen atoms in total. The van der Waals surface area contributed by atoms with Gasteiger partial charge >= 0.3 is 0 Å². The van der Waals surface area contributed by atoms with E-state index in [1.165, 1.54) is 6.33 Å². The van der Waals surface area contributed by atoms with Crippen LogP contribution in [0.1, 0.15) is 6.92 Å². The summed E-state index contributed by atoms with van der Waals surface area (Å²) in [4.78, 5) is 8.26. The number of fused-ring (bicyclic) bond motifs is 1. The van der Waals surface area contributed by atoms with Gasteiger partial charge in [-0.05, 0) is 19.1 Å². The predicted molar refractivity (Wildman–Crippen MR) is 57.3 cm³/mol. The van der Waals surface area contributed by atoms with E-state index in [4.69, 9.17) is 0 Å². The molecule has 1 heterocycles. The second-order valence-electron chi connectivity index (χ2n) is 2.74. The number of para-hydroxylation sites is 1. The largest absolute Gasteiger partial charge is 0.261 e. The molecule has 2 rings (SSSR count). The third-order valence-electron chi connectivity index (χ3n) is 1.84. The molecule has 0 spiro atoms. The van der Waals surface area contributed by atoms with Crippen LogP contribution in [-0.4, -0.2) is 16.2 Å². The van der Waals surface area contributed by atoms with Gasteiger partial charge < -0.3 is 0 Å². The molecule has 1 aromatic carbocycles. The lowest BCUT2D eigenvalue weighted by Crippen LogP contribution is -1.94. The molecule has 0 amide bonds. The van der Waals surface area contributed by atoms with Crippen molar-refractivity contribution in [3.63, 3.8) is 0 Å². The summed E-state index contributed by atoms with van der Waals surface area (Å²) in [6.45, 7) is 1.84. The normalized spacial score (nSPS) is 10.9. The molecule has 1 aromatic heterocycles. The van der Waals surface area contributed by atoms with Crippen LogP contribution in [0.15, 0.2) is 35.7 Å². The molecule has 0 saturated carbocycles. The van der Waals surface area contributed by atoms with Crippen LogP contribution in [-0.2, 0) is 0 Å². The summed E-state index contributed by atoms with van der Waals surface area (Å²) in [6.07, 6.45) is 3.20. The Hall–Kier alpha value is -1.97. The Morgan fingerprint density at radius 1 is 1.29 bits per heavy atom. The van der Waals surface area contributed by atoms with Crippen molar-refractivity contribution in [3.8, 4) is 0 Å². The fourth-order valence-electron chi connectivity index (χ4n) is 1.22. The first-order valence-corrected chi connectivity index (χ1v) is 4.35. The predicted octanol–water partition coefficient (Wildman–Crippen LogP) is 2.05. The quantitative estimate of drug-likeness (QED) is 0.576. The molecule has 0 radical (unpaired) electrons. The maximum Gasteiger partial charge on any atom is 0.157 e. The molecule has 0 saturated heterocycles. The zero-order valence-corrected chi connectivity index (χ0v) is 7.81. The first-order chi connectivity index (χ1) is 6.92. The smallest absolute Gasteiger partial charge is 0.157 e. The second kappa shape index (κ2) is 3.83. The number of hydrogen-bond donors (Lipinski definition) is 1. The monoisotopic (exact) mass is 186 g/mol. The standard InChI is InChI=1S/C10H10N4/c1-2-13-14-10-8-5-3-4-6-9(8)11-7-12-10/h2-7H,1H3,(H,11,12,14). The minimum Gasteiger partial charge on any atom is -0.261 e. The van der Waals surface area contributed by atoms with Crippen molar-refractivity contribution >= 4 is 22.9 Å². The molecule has 1 N–H and O–H groups in total. The van der Waals surface area contributed by atoms with E-state index >= 15 is 0 Å². The number of nitrogens with one attached hydrogen (secondary N) is 1. The Labute approximate surface area is 81.7 Å². The van der Waals surface area contributed by atoms with Crippen molar-refractivity contribution < 1.29 is 0 Å². The summed E-state index contributed by atoms with van der Waals surface area (Å²) in [6, 6.07) is 7.80. The summed E-state index contributed by atoms with van der Waals surface area (Å²) < 4.78 is 0. The molecule has 0 aliphatic heterocycles. The molecule has 0 aliphatic rings. The third-order valence-corrected chi connectivity index (χ3v) is 1.84. The van der Waals surface area contributed by atoms with E-state index < -0.39 is 0 Å². The van der Waals surface area contributed by atoms with Gasteiger partial charge in [-0.1, -0.05) is 12.1 Å². The Morgan fingerprint density at radius 2 is 2.14 bits per heavy atom. The Kier molecular flexibility index (Phi) is 2.36. The fraction of sp³-hybridized carbons (Fsp3) is 0.100. The van der Waals surface area contributed by atoms with Gasteiger partial charge in [0.25, 0.3) is 0 Å². The summed E-state index contributed by atoms with van der Waals surface area (Å²) in [5, 5.41) is 4.90. The van der Waals surface area contributed by atoms with E-state index in [0.717, 1.165) is 16.7 Å². The van der Waals surface area contributed by atoms with Gasteiger partial charge in [0.15, 0.2) is 5.82 Å². The van der Waals surface area contributed by atoms with E-state index in [1.54, 1.807) is 6.21 Å². The number of hydrazone groups is 1. The van der Waals surface area contributed by atoms with Gasteiger partial charge in [-0.15, -0.1) is 0 Å². The molecule has 14 heavy (non-hydrogen) atoms. The summed E-state index contributed by atoms with van der Waals surface area (Å²) in [5.41, 5.74) is 3.77. The first kappa shape index (κ1) is 8.62. The van der Waals surface area contributed by atoms with Crippen LogP contribution in [0.5, 0.6) is 0 Å².